The minimum atomic E-state index is -0.0963. The Kier molecular flexibility index (Phi) is 8.84. The van der Waals surface area contributed by atoms with E-state index in [1.165, 1.54) is 0 Å². The van der Waals surface area contributed by atoms with Gasteiger partial charge in [-0.05, 0) is 75.3 Å². The Labute approximate surface area is 216 Å². The normalized spacial score (nSPS) is 15.1. The van der Waals surface area contributed by atoms with Gasteiger partial charge in [0.15, 0.2) is 11.5 Å². The quantitative estimate of drug-likeness (QED) is 0.414. The van der Waals surface area contributed by atoms with Crippen molar-refractivity contribution in [1.82, 2.24) is 20.4 Å². The number of hydrogen-bond donors (Lipinski definition) is 1. The Morgan fingerprint density at radius 1 is 1.03 bits per heavy atom. The summed E-state index contributed by atoms with van der Waals surface area (Å²) in [4.78, 5) is 19.5. The molecule has 0 aliphatic carbocycles. The van der Waals surface area contributed by atoms with Gasteiger partial charge in [0, 0.05) is 11.5 Å². The van der Waals surface area contributed by atoms with Crippen LogP contribution in [0.5, 0.6) is 23.0 Å². The van der Waals surface area contributed by atoms with Crippen molar-refractivity contribution in [3.8, 4) is 34.4 Å². The van der Waals surface area contributed by atoms with E-state index in [2.05, 4.69) is 20.4 Å². The molecule has 1 saturated heterocycles. The topological polar surface area (TPSA) is 108 Å². The van der Waals surface area contributed by atoms with Gasteiger partial charge in [0.25, 0.3) is 0 Å². The number of aromatic nitrogens is 2. The number of methoxy groups -OCH3 is 3. The molecule has 4 rings (SSSR count). The second-order valence-electron chi connectivity index (χ2n) is 9.03. The van der Waals surface area contributed by atoms with Crippen LogP contribution in [0.3, 0.4) is 0 Å². The van der Waals surface area contributed by atoms with Crippen LogP contribution in [0.15, 0.2) is 47.0 Å². The molecule has 1 amide bonds. The van der Waals surface area contributed by atoms with Crippen LogP contribution in [0.1, 0.15) is 25.7 Å². The average Bonchev–Trinajstić information content (AvgIpc) is 3.40. The first-order chi connectivity index (χ1) is 18.0. The highest BCUT2D eigenvalue weighted by atomic mass is 16.5. The van der Waals surface area contributed by atoms with Crippen molar-refractivity contribution >= 4 is 5.91 Å². The van der Waals surface area contributed by atoms with Crippen molar-refractivity contribution in [3.63, 3.8) is 0 Å². The number of piperidine rings is 1. The van der Waals surface area contributed by atoms with Gasteiger partial charge in [0.05, 0.1) is 33.9 Å². The van der Waals surface area contributed by atoms with E-state index in [1.807, 2.05) is 49.4 Å². The van der Waals surface area contributed by atoms with E-state index in [0.29, 0.717) is 36.4 Å². The van der Waals surface area contributed by atoms with Gasteiger partial charge in [-0.1, -0.05) is 5.16 Å². The van der Waals surface area contributed by atoms with Crippen LogP contribution in [0, 0.1) is 5.92 Å². The Hall–Kier alpha value is -3.79. The molecule has 0 radical (unpaired) electrons. The van der Waals surface area contributed by atoms with Crippen LogP contribution >= 0.6 is 0 Å². The summed E-state index contributed by atoms with van der Waals surface area (Å²) in [6, 6.07) is 12.8. The maximum atomic E-state index is 12.8. The molecule has 1 atom stereocenters. The third-order valence-electron chi connectivity index (χ3n) is 6.38. The van der Waals surface area contributed by atoms with E-state index in [9.17, 15) is 4.79 Å². The lowest BCUT2D eigenvalue weighted by Crippen LogP contribution is -2.44. The molecular formula is C27H34N4O6. The number of likely N-dealkylation sites (tertiary alicyclic amines) is 1. The Morgan fingerprint density at radius 2 is 1.73 bits per heavy atom. The second kappa shape index (κ2) is 12.4. The summed E-state index contributed by atoms with van der Waals surface area (Å²) >= 11 is 0. The van der Waals surface area contributed by atoms with Gasteiger partial charge in [-0.3, -0.25) is 9.69 Å². The lowest BCUT2D eigenvalue weighted by molar-refractivity contribution is -0.127. The molecule has 3 aromatic rings. The minimum absolute atomic E-state index is 0.0234. The highest BCUT2D eigenvalue weighted by Gasteiger charge is 2.27. The SMILES string of the molecule is COc1ccc(OCC(C)NC(=O)C2CCN(Cc3nc(-c4ccc(OC)c(OC)c4)no3)CC2)cc1. The first-order valence-electron chi connectivity index (χ1n) is 12.3. The molecule has 0 saturated carbocycles. The van der Waals surface area contributed by atoms with Crippen LogP contribution in [-0.2, 0) is 11.3 Å². The molecule has 10 nitrogen and oxygen atoms in total. The smallest absolute Gasteiger partial charge is 0.241 e. The monoisotopic (exact) mass is 510 g/mol. The summed E-state index contributed by atoms with van der Waals surface area (Å²) in [6.07, 6.45) is 1.54. The van der Waals surface area contributed by atoms with E-state index in [1.54, 1.807) is 21.3 Å². The number of rotatable bonds is 11. The van der Waals surface area contributed by atoms with Crippen molar-refractivity contribution in [2.75, 3.05) is 41.0 Å². The molecule has 10 heteroatoms. The molecule has 2 aromatic carbocycles. The van der Waals surface area contributed by atoms with Crippen LogP contribution in [-0.4, -0.2) is 68.0 Å². The number of nitrogens with zero attached hydrogens (tertiary/aromatic N) is 3. The molecule has 2 heterocycles. The lowest BCUT2D eigenvalue weighted by atomic mass is 9.95. The minimum Gasteiger partial charge on any atom is -0.497 e. The summed E-state index contributed by atoms with van der Waals surface area (Å²) in [6.45, 7) is 4.45. The highest BCUT2D eigenvalue weighted by molar-refractivity contribution is 5.79. The number of benzene rings is 2. The van der Waals surface area contributed by atoms with Gasteiger partial charge in [-0.25, -0.2) is 0 Å². The zero-order chi connectivity index (χ0) is 26.2. The molecular weight excluding hydrogens is 476 g/mol. The number of hydrogen-bond acceptors (Lipinski definition) is 9. The summed E-state index contributed by atoms with van der Waals surface area (Å²) < 4.78 is 27.1. The predicted octanol–water partition coefficient (Wildman–Crippen LogP) is 3.56. The van der Waals surface area contributed by atoms with Gasteiger partial charge in [0.1, 0.15) is 18.1 Å². The van der Waals surface area contributed by atoms with Gasteiger partial charge in [-0.2, -0.15) is 4.98 Å². The Morgan fingerprint density at radius 3 is 2.41 bits per heavy atom. The zero-order valence-corrected chi connectivity index (χ0v) is 21.7. The van der Waals surface area contributed by atoms with E-state index in [4.69, 9.17) is 23.5 Å². The molecule has 0 spiro atoms. The largest absolute Gasteiger partial charge is 0.497 e. The lowest BCUT2D eigenvalue weighted by Gasteiger charge is -2.30. The first kappa shape index (κ1) is 26.3. The van der Waals surface area contributed by atoms with Crippen molar-refractivity contribution < 1.29 is 28.3 Å². The van der Waals surface area contributed by atoms with Gasteiger partial charge in [-0.15, -0.1) is 0 Å². The molecule has 1 fully saturated rings. The third kappa shape index (κ3) is 6.91. The number of amides is 1. The van der Waals surface area contributed by atoms with Crippen molar-refractivity contribution in [2.45, 2.75) is 32.4 Å². The van der Waals surface area contributed by atoms with Crippen LogP contribution < -0.4 is 24.3 Å². The Bertz CT molecular complexity index is 1160. The molecule has 1 N–H and O–H groups in total. The van der Waals surface area contributed by atoms with Gasteiger partial charge < -0.3 is 28.8 Å². The first-order valence-corrected chi connectivity index (χ1v) is 12.3. The maximum Gasteiger partial charge on any atom is 0.241 e. The summed E-state index contributed by atoms with van der Waals surface area (Å²) in [5.74, 6) is 3.84. The number of carbonyl (C=O) groups is 1. The molecule has 37 heavy (non-hydrogen) atoms. The van der Waals surface area contributed by atoms with Crippen molar-refractivity contribution in [2.24, 2.45) is 5.92 Å². The number of nitrogens with one attached hydrogen (secondary N) is 1. The average molecular weight is 511 g/mol. The Balaban J connectivity index is 1.21. The molecule has 198 valence electrons. The number of carbonyl (C=O) groups excluding carboxylic acids is 1. The van der Waals surface area contributed by atoms with Gasteiger partial charge >= 0.3 is 0 Å². The maximum absolute atomic E-state index is 12.8. The van der Waals surface area contributed by atoms with Gasteiger partial charge in [0.2, 0.25) is 17.6 Å². The second-order valence-corrected chi connectivity index (χ2v) is 9.03. The third-order valence-corrected chi connectivity index (χ3v) is 6.38. The van der Waals surface area contributed by atoms with Crippen LogP contribution in [0.25, 0.3) is 11.4 Å². The summed E-state index contributed by atoms with van der Waals surface area (Å²) in [5.41, 5.74) is 0.785. The molecule has 1 aliphatic heterocycles. The number of ether oxygens (including phenoxy) is 4. The van der Waals surface area contributed by atoms with E-state index < -0.39 is 0 Å². The molecule has 0 bridgehead atoms. The zero-order valence-electron chi connectivity index (χ0n) is 21.7. The fourth-order valence-electron chi connectivity index (χ4n) is 4.25. The van der Waals surface area contributed by atoms with Crippen molar-refractivity contribution in [1.29, 1.82) is 0 Å². The van der Waals surface area contributed by atoms with Crippen LogP contribution in [0.2, 0.25) is 0 Å². The summed E-state index contributed by atoms with van der Waals surface area (Å²) in [7, 11) is 4.81. The van der Waals surface area contributed by atoms with Crippen molar-refractivity contribution in [3.05, 3.63) is 48.4 Å². The highest BCUT2D eigenvalue weighted by Crippen LogP contribution is 2.31. The van der Waals surface area contributed by atoms with Crippen LogP contribution in [0.4, 0.5) is 0 Å². The fourth-order valence-corrected chi connectivity index (χ4v) is 4.25. The van der Waals surface area contributed by atoms with E-state index in [0.717, 1.165) is 43.0 Å². The standard InChI is InChI=1S/C27H34N4O6/c1-18(17-36-22-8-6-21(33-2)7-9-22)28-27(32)19-11-13-31(14-12-19)16-25-29-26(30-37-25)20-5-10-23(34-3)24(15-20)35-4/h5-10,15,18-19H,11-14,16-17H2,1-4H3,(H,28,32). The predicted molar refractivity (Wildman–Crippen MR) is 137 cm³/mol. The van der Waals surface area contributed by atoms with E-state index >= 15 is 0 Å². The molecule has 1 aromatic heterocycles. The molecule has 1 unspecified atom stereocenters. The van der Waals surface area contributed by atoms with E-state index in [-0.39, 0.29) is 17.9 Å². The summed E-state index contributed by atoms with van der Waals surface area (Å²) in [5, 5.41) is 7.19. The molecule has 1 aliphatic rings. The fraction of sp³-hybridized carbons (Fsp3) is 0.444.